The smallest absolute Gasteiger partial charge is 0.0519 e. The second kappa shape index (κ2) is 6.59. The predicted molar refractivity (Wildman–Crippen MR) is 68.8 cm³/mol. The zero-order chi connectivity index (χ0) is 11.2. The van der Waals surface area contributed by atoms with Crippen LogP contribution in [-0.2, 0) is 0 Å². The maximum atomic E-state index is 2.62. The first-order valence-corrected chi connectivity index (χ1v) is 7.10. The summed E-state index contributed by atoms with van der Waals surface area (Å²) in [5, 5.41) is 0.382. The number of hydrogen-bond donors (Lipinski definition) is 0. The summed E-state index contributed by atoms with van der Waals surface area (Å²) in [6, 6.07) is 0. The Morgan fingerprint density at radius 2 is 1.07 bits per heavy atom. The standard InChI is InChI=1S/C11H28N2Si/c1-6-11(14,12(7-2)8-3)13(9-4)10-5/h6-10H2,1-5,14H3. The third-order valence-electron chi connectivity index (χ3n) is 3.56. The molecule has 0 spiro atoms. The van der Waals surface area contributed by atoms with Gasteiger partial charge in [-0.25, -0.2) is 0 Å². The maximum absolute atomic E-state index is 2.62. The van der Waals surface area contributed by atoms with Crippen LogP contribution in [0.1, 0.15) is 41.0 Å². The normalized spacial score (nSPS) is 13.1. The minimum atomic E-state index is 0.382. The first kappa shape index (κ1) is 14.1. The third-order valence-corrected chi connectivity index (χ3v) is 5.53. The Hall–Kier alpha value is 0.137. The summed E-state index contributed by atoms with van der Waals surface area (Å²) in [5.41, 5.74) is 0. The molecule has 0 saturated carbocycles. The van der Waals surface area contributed by atoms with Crippen LogP contribution in [0, 0.1) is 0 Å². The van der Waals surface area contributed by atoms with Crippen LogP contribution in [0.4, 0.5) is 0 Å². The van der Waals surface area contributed by atoms with Crippen LogP contribution in [0.25, 0.3) is 0 Å². The molecule has 0 unspecified atom stereocenters. The van der Waals surface area contributed by atoms with Gasteiger partial charge in [0, 0.05) is 10.2 Å². The van der Waals surface area contributed by atoms with Gasteiger partial charge in [-0.05, 0) is 32.6 Å². The van der Waals surface area contributed by atoms with E-state index >= 15 is 0 Å². The largest absolute Gasteiger partial charge is 0.290 e. The summed E-state index contributed by atoms with van der Waals surface area (Å²) in [4.78, 5) is 5.23. The Morgan fingerprint density at radius 3 is 1.21 bits per heavy atom. The van der Waals surface area contributed by atoms with E-state index in [4.69, 9.17) is 0 Å². The summed E-state index contributed by atoms with van der Waals surface area (Å²) >= 11 is 0. The summed E-state index contributed by atoms with van der Waals surface area (Å²) < 4.78 is 0. The lowest BCUT2D eigenvalue weighted by Crippen LogP contribution is -2.60. The molecule has 0 rings (SSSR count). The summed E-state index contributed by atoms with van der Waals surface area (Å²) in [5.74, 6) is 0. The SMILES string of the molecule is CCN(CC)C([SiH3])(CC)N(CC)CC. The first-order chi connectivity index (χ1) is 6.60. The average molecular weight is 216 g/mol. The molecule has 0 fully saturated rings. The molecule has 0 radical (unpaired) electrons. The fourth-order valence-electron chi connectivity index (χ4n) is 2.46. The van der Waals surface area contributed by atoms with E-state index in [9.17, 15) is 0 Å². The Labute approximate surface area is 93.1 Å². The topological polar surface area (TPSA) is 6.48 Å². The molecule has 3 heteroatoms. The number of nitrogens with zero attached hydrogens (tertiary/aromatic N) is 2. The van der Waals surface area contributed by atoms with Gasteiger partial charge in [0.1, 0.15) is 0 Å². The van der Waals surface area contributed by atoms with Gasteiger partial charge in [0.15, 0.2) is 0 Å². The lowest BCUT2D eigenvalue weighted by molar-refractivity contribution is 0.0154. The molecule has 0 bridgehead atoms. The van der Waals surface area contributed by atoms with E-state index in [1.807, 2.05) is 0 Å². The van der Waals surface area contributed by atoms with Crippen LogP contribution in [-0.4, -0.2) is 51.5 Å². The van der Waals surface area contributed by atoms with E-state index in [1.54, 1.807) is 0 Å². The minimum Gasteiger partial charge on any atom is -0.290 e. The molecule has 0 aliphatic carbocycles. The van der Waals surface area contributed by atoms with Gasteiger partial charge in [0.2, 0.25) is 0 Å². The molecule has 0 aliphatic rings. The molecule has 0 aromatic rings. The van der Waals surface area contributed by atoms with E-state index in [0.29, 0.717) is 5.29 Å². The summed E-state index contributed by atoms with van der Waals surface area (Å²) in [7, 11) is 1.23. The van der Waals surface area contributed by atoms with Gasteiger partial charge in [-0.15, -0.1) is 0 Å². The average Bonchev–Trinajstić information content (AvgIpc) is 2.21. The van der Waals surface area contributed by atoms with Gasteiger partial charge in [-0.2, -0.15) is 0 Å². The zero-order valence-electron chi connectivity index (χ0n) is 10.9. The Balaban J connectivity index is 4.72. The monoisotopic (exact) mass is 216 g/mol. The van der Waals surface area contributed by atoms with Gasteiger partial charge in [0.25, 0.3) is 0 Å². The molecule has 14 heavy (non-hydrogen) atoms. The molecular formula is C11H28N2Si. The molecule has 2 nitrogen and oxygen atoms in total. The van der Waals surface area contributed by atoms with Crippen LogP contribution in [0.3, 0.4) is 0 Å². The van der Waals surface area contributed by atoms with Gasteiger partial charge in [-0.3, -0.25) is 9.80 Å². The lowest BCUT2D eigenvalue weighted by atomic mass is 10.2. The number of hydrogen-bond acceptors (Lipinski definition) is 2. The maximum Gasteiger partial charge on any atom is 0.0519 e. The van der Waals surface area contributed by atoms with Crippen LogP contribution in [0.2, 0.25) is 0 Å². The molecule has 0 N–H and O–H groups in total. The van der Waals surface area contributed by atoms with Crippen molar-refractivity contribution in [1.29, 1.82) is 0 Å². The van der Waals surface area contributed by atoms with Crippen molar-refractivity contribution in [3.05, 3.63) is 0 Å². The van der Waals surface area contributed by atoms with Gasteiger partial charge >= 0.3 is 0 Å². The van der Waals surface area contributed by atoms with E-state index in [2.05, 4.69) is 44.4 Å². The van der Waals surface area contributed by atoms with Gasteiger partial charge < -0.3 is 0 Å². The Kier molecular flexibility index (Phi) is 6.65. The molecule has 0 aromatic carbocycles. The molecule has 0 atom stereocenters. The van der Waals surface area contributed by atoms with E-state index in [-0.39, 0.29) is 0 Å². The van der Waals surface area contributed by atoms with Crippen molar-refractivity contribution in [1.82, 2.24) is 9.80 Å². The Morgan fingerprint density at radius 1 is 0.786 bits per heavy atom. The van der Waals surface area contributed by atoms with E-state index in [0.717, 1.165) is 0 Å². The molecule has 0 aromatic heterocycles. The Bertz CT molecular complexity index is 130. The van der Waals surface area contributed by atoms with Crippen molar-refractivity contribution in [2.45, 2.75) is 46.3 Å². The molecule has 0 saturated heterocycles. The highest BCUT2D eigenvalue weighted by Crippen LogP contribution is 2.20. The molecule has 0 aliphatic heterocycles. The van der Waals surface area contributed by atoms with Crippen LogP contribution in [0.15, 0.2) is 0 Å². The van der Waals surface area contributed by atoms with Crippen molar-refractivity contribution in [2.75, 3.05) is 26.2 Å². The van der Waals surface area contributed by atoms with E-state index in [1.165, 1.54) is 42.8 Å². The van der Waals surface area contributed by atoms with Crippen LogP contribution < -0.4 is 0 Å². The highest BCUT2D eigenvalue weighted by Gasteiger charge is 2.32. The molecule has 86 valence electrons. The number of rotatable bonds is 7. The van der Waals surface area contributed by atoms with E-state index < -0.39 is 0 Å². The van der Waals surface area contributed by atoms with Crippen molar-refractivity contribution in [3.8, 4) is 0 Å². The minimum absolute atomic E-state index is 0.382. The van der Waals surface area contributed by atoms with Crippen molar-refractivity contribution < 1.29 is 0 Å². The van der Waals surface area contributed by atoms with Crippen molar-refractivity contribution in [3.63, 3.8) is 0 Å². The summed E-state index contributed by atoms with van der Waals surface area (Å²) in [6.45, 7) is 16.1. The van der Waals surface area contributed by atoms with Gasteiger partial charge in [-0.1, -0.05) is 34.6 Å². The van der Waals surface area contributed by atoms with Crippen LogP contribution >= 0.6 is 0 Å². The van der Waals surface area contributed by atoms with Crippen LogP contribution in [0.5, 0.6) is 0 Å². The zero-order valence-corrected chi connectivity index (χ0v) is 12.9. The predicted octanol–water partition coefficient (Wildman–Crippen LogP) is 1.10. The summed E-state index contributed by atoms with van der Waals surface area (Å²) in [6.07, 6.45) is 1.25. The molecule has 0 amide bonds. The van der Waals surface area contributed by atoms with Crippen molar-refractivity contribution in [2.24, 2.45) is 0 Å². The van der Waals surface area contributed by atoms with Crippen molar-refractivity contribution >= 4 is 10.2 Å². The highest BCUT2D eigenvalue weighted by molar-refractivity contribution is 6.14. The third kappa shape index (κ3) is 2.81. The van der Waals surface area contributed by atoms with Gasteiger partial charge in [0.05, 0.1) is 5.29 Å². The quantitative estimate of drug-likeness (QED) is 0.464. The molecule has 0 heterocycles. The second-order valence-corrected chi connectivity index (χ2v) is 5.52. The lowest BCUT2D eigenvalue weighted by Gasteiger charge is -2.48. The second-order valence-electron chi connectivity index (χ2n) is 3.92. The first-order valence-electron chi connectivity index (χ1n) is 6.10. The fraction of sp³-hybridized carbons (Fsp3) is 1.00. The fourth-order valence-corrected chi connectivity index (χ4v) is 3.72. The molecular weight excluding hydrogens is 188 g/mol. The highest BCUT2D eigenvalue weighted by atomic mass is 28.1.